The maximum absolute atomic E-state index is 13.2. The molecule has 0 spiro atoms. The van der Waals surface area contributed by atoms with Crippen LogP contribution in [0.25, 0.3) is 0 Å². The summed E-state index contributed by atoms with van der Waals surface area (Å²) in [5, 5.41) is 44.7. The summed E-state index contributed by atoms with van der Waals surface area (Å²) in [4.78, 5) is 38.7. The summed E-state index contributed by atoms with van der Waals surface area (Å²) < 4.78 is 40.6. The molecule has 4 N–H and O–H groups in total. The number of hydrogen-bond donors (Lipinski definition) is 4. The third kappa shape index (κ3) is 12.3. The van der Waals surface area contributed by atoms with Crippen LogP contribution in [0.5, 0.6) is 0 Å². The van der Waals surface area contributed by atoms with Gasteiger partial charge in [-0.25, -0.2) is 4.79 Å². The Morgan fingerprint density at radius 2 is 1.80 bits per heavy atom. The number of fused-ring (bicyclic) bond motifs is 6. The summed E-state index contributed by atoms with van der Waals surface area (Å²) in [6.45, 7) is 3.50. The first kappa shape index (κ1) is 41.3. The molecule has 0 aliphatic carbocycles. The molecule has 0 amide bonds. The molecule has 4 aliphatic rings. The van der Waals surface area contributed by atoms with Gasteiger partial charge in [-0.3, -0.25) is 9.59 Å². The number of ether oxygens (including phenoxy) is 7. The van der Waals surface area contributed by atoms with Gasteiger partial charge in [0.2, 0.25) is 5.79 Å². The van der Waals surface area contributed by atoms with Crippen molar-refractivity contribution in [2.75, 3.05) is 20.3 Å². The molecule has 3 fully saturated rings. The first-order valence-electron chi connectivity index (χ1n) is 18.6. The number of aliphatic hydroxyl groups is 4. The number of carbonyl (C=O) groups excluding carboxylic acids is 3. The van der Waals surface area contributed by atoms with E-state index in [1.165, 1.54) is 7.11 Å². The minimum Gasteiger partial charge on any atom is -0.466 e. The monoisotopic (exact) mass is 726 g/mol. The van der Waals surface area contributed by atoms with Crippen molar-refractivity contribution in [2.45, 2.75) is 165 Å². The van der Waals surface area contributed by atoms with Crippen LogP contribution in [-0.2, 0) is 47.5 Å². The van der Waals surface area contributed by atoms with Crippen molar-refractivity contribution in [3.63, 3.8) is 0 Å². The molecular formula is C37H58O14. The van der Waals surface area contributed by atoms with Gasteiger partial charge in [-0.2, -0.15) is 0 Å². The summed E-state index contributed by atoms with van der Waals surface area (Å²) in [5.74, 6) is -6.68. The van der Waals surface area contributed by atoms with Crippen molar-refractivity contribution in [1.82, 2.24) is 0 Å². The van der Waals surface area contributed by atoms with Gasteiger partial charge in [-0.15, -0.1) is 0 Å². The van der Waals surface area contributed by atoms with E-state index in [1.54, 1.807) is 19.1 Å². The summed E-state index contributed by atoms with van der Waals surface area (Å²) in [6, 6.07) is 0. The number of esters is 3. The SMILES string of the molecule is CCCCCCCC(=O)O[C@H]1/C(=C/C(=O)OC)CC2CC(CO)OC(=O)C[C@H](O)C[C@@H]3CCC[C@](O)(C[C@@H]4CCO[C@H](/C=C/[C@H](C)[C@]1(O)O2)O4)O3. The molecule has 6 bridgehead atoms. The highest BCUT2D eigenvalue weighted by molar-refractivity contribution is 5.83. The second-order valence-corrected chi connectivity index (χ2v) is 14.3. The number of rotatable bonds is 9. The molecule has 0 aromatic rings. The van der Waals surface area contributed by atoms with Gasteiger partial charge in [0, 0.05) is 44.1 Å². The van der Waals surface area contributed by atoms with Gasteiger partial charge in [-0.05, 0) is 43.8 Å². The summed E-state index contributed by atoms with van der Waals surface area (Å²) >= 11 is 0. The van der Waals surface area contributed by atoms with Gasteiger partial charge in [0.1, 0.15) is 6.10 Å². The first-order valence-corrected chi connectivity index (χ1v) is 18.6. The van der Waals surface area contributed by atoms with Crippen molar-refractivity contribution < 1.29 is 68.0 Å². The van der Waals surface area contributed by atoms with Crippen LogP contribution in [0, 0.1) is 5.92 Å². The Bertz CT molecular complexity index is 1210. The zero-order chi connectivity index (χ0) is 37.0. The van der Waals surface area contributed by atoms with Crippen LogP contribution in [0.3, 0.4) is 0 Å². The lowest BCUT2D eigenvalue weighted by Crippen LogP contribution is -2.58. The number of carbonyl (C=O) groups is 3. The predicted molar refractivity (Wildman–Crippen MR) is 180 cm³/mol. The second-order valence-electron chi connectivity index (χ2n) is 14.3. The smallest absolute Gasteiger partial charge is 0.330 e. The van der Waals surface area contributed by atoms with E-state index in [9.17, 15) is 34.8 Å². The summed E-state index contributed by atoms with van der Waals surface area (Å²) in [7, 11) is 1.20. The molecule has 14 heteroatoms. The van der Waals surface area contributed by atoms with Crippen molar-refractivity contribution >= 4 is 17.9 Å². The number of methoxy groups -OCH3 is 1. The lowest BCUT2D eigenvalue weighted by Gasteiger charge is -2.46. The summed E-state index contributed by atoms with van der Waals surface area (Å²) in [5.41, 5.74) is 0.228. The fourth-order valence-corrected chi connectivity index (χ4v) is 7.28. The lowest BCUT2D eigenvalue weighted by molar-refractivity contribution is -0.306. The zero-order valence-corrected chi connectivity index (χ0v) is 30.2. The molecule has 0 aromatic carbocycles. The molecule has 10 atom stereocenters. The highest BCUT2D eigenvalue weighted by Gasteiger charge is 2.52. The normalized spacial score (nSPS) is 38.3. The van der Waals surface area contributed by atoms with Crippen LogP contribution in [0.1, 0.15) is 110 Å². The molecule has 290 valence electrons. The van der Waals surface area contributed by atoms with E-state index < -0.39 is 84.9 Å². The standard InChI is InChI=1S/C37H58O14/c1-4-5-6-7-8-11-31(40)49-35-25(18-32(41)45-3)17-29-21-30(23-38)47-33(42)20-26(39)19-27-10-9-15-36(43,50-27)22-28-14-16-46-34(48-28)13-12-24(2)37(35,44)51-29/h12-13,18,24,26-30,34-35,38-39,43-44H,4-11,14-17,19-23H2,1-3H3/b13-12+,25-18+/t24-,26+,27-,28-,29?,30?,34-,35-,36+,37-/m0/s1. The lowest BCUT2D eigenvalue weighted by atomic mass is 9.83. The Balaban J connectivity index is 1.65. The molecule has 4 heterocycles. The molecule has 14 nitrogen and oxygen atoms in total. The van der Waals surface area contributed by atoms with Crippen molar-refractivity contribution in [1.29, 1.82) is 0 Å². The van der Waals surface area contributed by atoms with Crippen LogP contribution in [0.15, 0.2) is 23.8 Å². The third-order valence-electron chi connectivity index (χ3n) is 10.0. The van der Waals surface area contributed by atoms with Crippen LogP contribution in [-0.4, -0.2) is 113 Å². The van der Waals surface area contributed by atoms with E-state index in [1.807, 2.05) is 0 Å². The van der Waals surface area contributed by atoms with Gasteiger partial charge in [0.25, 0.3) is 0 Å². The Hall–Kier alpha value is -2.43. The van der Waals surface area contributed by atoms with Crippen molar-refractivity contribution in [3.8, 4) is 0 Å². The van der Waals surface area contributed by atoms with Crippen LogP contribution >= 0.6 is 0 Å². The Morgan fingerprint density at radius 3 is 2.55 bits per heavy atom. The molecule has 3 saturated heterocycles. The Morgan fingerprint density at radius 1 is 1.02 bits per heavy atom. The van der Waals surface area contributed by atoms with E-state index in [-0.39, 0.29) is 44.1 Å². The second kappa shape index (κ2) is 19.6. The fraction of sp³-hybridized carbons (Fsp3) is 0.811. The third-order valence-corrected chi connectivity index (χ3v) is 10.0. The molecule has 0 aromatic heterocycles. The van der Waals surface area contributed by atoms with E-state index >= 15 is 0 Å². The molecule has 4 rings (SSSR count). The number of cyclic esters (lactones) is 1. The number of aliphatic hydroxyl groups excluding tert-OH is 2. The average molecular weight is 727 g/mol. The highest BCUT2D eigenvalue weighted by Crippen LogP contribution is 2.41. The van der Waals surface area contributed by atoms with Gasteiger partial charge in [0.15, 0.2) is 18.2 Å². The first-order chi connectivity index (χ1) is 24.4. The minimum absolute atomic E-state index is 0.0164. The van der Waals surface area contributed by atoms with Crippen LogP contribution in [0.2, 0.25) is 0 Å². The largest absolute Gasteiger partial charge is 0.466 e. The molecular weight excluding hydrogens is 668 g/mol. The molecule has 2 unspecified atom stereocenters. The summed E-state index contributed by atoms with van der Waals surface area (Å²) in [6.07, 6.45) is 4.63. The van der Waals surface area contributed by atoms with Crippen molar-refractivity contribution in [3.05, 3.63) is 23.8 Å². The van der Waals surface area contributed by atoms with E-state index in [2.05, 4.69) is 6.92 Å². The van der Waals surface area contributed by atoms with Crippen molar-refractivity contribution in [2.24, 2.45) is 5.92 Å². The Kier molecular flexibility index (Phi) is 15.9. The Labute approximate surface area is 300 Å². The zero-order valence-electron chi connectivity index (χ0n) is 30.2. The molecule has 0 radical (unpaired) electrons. The molecule has 4 aliphatic heterocycles. The van der Waals surface area contributed by atoms with Crippen LogP contribution in [0.4, 0.5) is 0 Å². The van der Waals surface area contributed by atoms with Gasteiger partial charge in [0.05, 0.1) is 51.2 Å². The average Bonchev–Trinajstić information content (AvgIpc) is 3.07. The molecule has 0 saturated carbocycles. The fourth-order valence-electron chi connectivity index (χ4n) is 7.28. The number of hydrogen-bond acceptors (Lipinski definition) is 14. The van der Waals surface area contributed by atoms with E-state index in [0.29, 0.717) is 38.7 Å². The topological polar surface area (TPSA) is 197 Å². The quantitative estimate of drug-likeness (QED) is 0.0888. The van der Waals surface area contributed by atoms with Gasteiger partial charge >= 0.3 is 17.9 Å². The van der Waals surface area contributed by atoms with Gasteiger partial charge in [-0.1, -0.05) is 45.6 Å². The van der Waals surface area contributed by atoms with Gasteiger partial charge < -0.3 is 53.6 Å². The maximum Gasteiger partial charge on any atom is 0.330 e. The minimum atomic E-state index is -2.23. The van der Waals surface area contributed by atoms with Crippen LogP contribution < -0.4 is 0 Å². The van der Waals surface area contributed by atoms with E-state index in [0.717, 1.165) is 31.8 Å². The highest BCUT2D eigenvalue weighted by atomic mass is 16.7. The molecule has 51 heavy (non-hydrogen) atoms. The number of unbranched alkanes of at least 4 members (excludes halogenated alkanes) is 4. The predicted octanol–water partition coefficient (Wildman–Crippen LogP) is 3.26. The van der Waals surface area contributed by atoms with E-state index in [4.69, 9.17) is 33.2 Å². The maximum atomic E-state index is 13.2.